The van der Waals surface area contributed by atoms with Gasteiger partial charge in [0.15, 0.2) is 0 Å². The quantitative estimate of drug-likeness (QED) is 0.535. The smallest absolute Gasteiger partial charge is 0.133 e. The third kappa shape index (κ3) is 1.50. The summed E-state index contributed by atoms with van der Waals surface area (Å²) < 4.78 is 0. The van der Waals surface area contributed by atoms with Crippen LogP contribution in [-0.2, 0) is 4.79 Å². The molecule has 2 rings (SSSR count). The number of hydrogen-bond donors (Lipinski definition) is 0. The van der Waals surface area contributed by atoms with Crippen molar-refractivity contribution in [3.63, 3.8) is 0 Å². The number of allylic oxidation sites excluding steroid dienone is 4. The number of Topliss-reactive ketones (excluding diaryl/α,β-unsaturated/α-hetero) is 1. The Morgan fingerprint density at radius 2 is 2.17 bits per heavy atom. The fourth-order valence-corrected chi connectivity index (χ4v) is 2.06. The van der Waals surface area contributed by atoms with E-state index in [1.165, 1.54) is 5.57 Å². The highest BCUT2D eigenvalue weighted by Crippen LogP contribution is 2.31. The van der Waals surface area contributed by atoms with E-state index in [1.54, 1.807) is 0 Å². The van der Waals surface area contributed by atoms with Crippen LogP contribution < -0.4 is 0 Å². The monoisotopic (exact) mass is 162 g/mol. The lowest BCUT2D eigenvalue weighted by atomic mass is 9.88. The zero-order chi connectivity index (χ0) is 8.39. The minimum absolute atomic E-state index is 0.449. The highest BCUT2D eigenvalue weighted by Gasteiger charge is 2.20. The Morgan fingerprint density at radius 1 is 1.25 bits per heavy atom. The maximum absolute atomic E-state index is 11.2. The van der Waals surface area contributed by atoms with Crippen molar-refractivity contribution in [1.82, 2.24) is 0 Å². The zero-order valence-corrected chi connectivity index (χ0v) is 7.25. The van der Waals surface area contributed by atoms with Crippen LogP contribution in [0.2, 0.25) is 0 Å². The van der Waals surface area contributed by atoms with Gasteiger partial charge in [-0.25, -0.2) is 0 Å². The van der Waals surface area contributed by atoms with Gasteiger partial charge in [-0.2, -0.15) is 0 Å². The molecule has 0 N–H and O–H groups in total. The summed E-state index contributed by atoms with van der Waals surface area (Å²) in [5.41, 5.74) is 1.50. The lowest BCUT2D eigenvalue weighted by molar-refractivity contribution is -0.118. The SMILES string of the molecule is O=C1CCC2=CC=CCC2CC1. The van der Waals surface area contributed by atoms with E-state index >= 15 is 0 Å². The van der Waals surface area contributed by atoms with Gasteiger partial charge >= 0.3 is 0 Å². The van der Waals surface area contributed by atoms with Crippen molar-refractivity contribution in [3.05, 3.63) is 23.8 Å². The summed E-state index contributed by atoms with van der Waals surface area (Å²) in [6.07, 6.45) is 11.4. The van der Waals surface area contributed by atoms with Gasteiger partial charge in [-0.1, -0.05) is 23.8 Å². The molecule has 0 aromatic heterocycles. The summed E-state index contributed by atoms with van der Waals surface area (Å²) in [5.74, 6) is 1.13. The fraction of sp³-hybridized carbons (Fsp3) is 0.545. The summed E-state index contributed by atoms with van der Waals surface area (Å²) >= 11 is 0. The molecule has 1 atom stereocenters. The van der Waals surface area contributed by atoms with Crippen LogP contribution in [0.25, 0.3) is 0 Å². The van der Waals surface area contributed by atoms with Gasteiger partial charge in [-0.05, 0) is 25.2 Å². The Kier molecular flexibility index (Phi) is 2.11. The van der Waals surface area contributed by atoms with E-state index in [9.17, 15) is 4.79 Å². The summed E-state index contributed by atoms with van der Waals surface area (Å²) in [6.45, 7) is 0. The van der Waals surface area contributed by atoms with Gasteiger partial charge in [0.25, 0.3) is 0 Å². The van der Waals surface area contributed by atoms with Crippen LogP contribution in [0.3, 0.4) is 0 Å². The molecular weight excluding hydrogens is 148 g/mol. The normalized spacial score (nSPS) is 29.2. The lowest BCUT2D eigenvalue weighted by Crippen LogP contribution is -2.03. The molecule has 12 heavy (non-hydrogen) atoms. The average Bonchev–Trinajstić information content (AvgIpc) is 2.29. The minimum Gasteiger partial charge on any atom is -0.300 e. The molecule has 1 unspecified atom stereocenters. The highest BCUT2D eigenvalue weighted by atomic mass is 16.1. The van der Waals surface area contributed by atoms with Gasteiger partial charge in [-0.15, -0.1) is 0 Å². The molecule has 1 nitrogen and oxygen atoms in total. The topological polar surface area (TPSA) is 17.1 Å². The van der Waals surface area contributed by atoms with Crippen LogP contribution in [0, 0.1) is 5.92 Å². The first-order chi connectivity index (χ1) is 5.86. The molecule has 64 valence electrons. The second-order valence-electron chi connectivity index (χ2n) is 3.68. The van der Waals surface area contributed by atoms with Crippen LogP contribution in [-0.4, -0.2) is 5.78 Å². The van der Waals surface area contributed by atoms with Crippen LogP contribution >= 0.6 is 0 Å². The first kappa shape index (κ1) is 7.78. The predicted octanol–water partition coefficient (Wildman–Crippen LogP) is 2.63. The molecule has 1 saturated carbocycles. The number of carbonyl (C=O) groups is 1. The predicted molar refractivity (Wildman–Crippen MR) is 48.8 cm³/mol. The second-order valence-corrected chi connectivity index (χ2v) is 3.68. The third-order valence-electron chi connectivity index (χ3n) is 2.86. The molecule has 0 bridgehead atoms. The first-order valence-corrected chi connectivity index (χ1v) is 4.73. The van der Waals surface area contributed by atoms with Gasteiger partial charge in [-0.3, -0.25) is 4.79 Å². The Bertz CT molecular complexity index is 248. The molecule has 0 aliphatic heterocycles. The maximum Gasteiger partial charge on any atom is 0.133 e. The van der Waals surface area contributed by atoms with Gasteiger partial charge in [0.2, 0.25) is 0 Å². The number of fused-ring (bicyclic) bond motifs is 1. The number of rotatable bonds is 0. The summed E-state index contributed by atoms with van der Waals surface area (Å²) in [7, 11) is 0. The second kappa shape index (κ2) is 3.26. The van der Waals surface area contributed by atoms with E-state index in [0.717, 1.165) is 32.1 Å². The average molecular weight is 162 g/mol. The molecule has 0 heterocycles. The molecule has 0 amide bonds. The molecule has 0 radical (unpaired) electrons. The van der Waals surface area contributed by atoms with E-state index in [1.807, 2.05) is 0 Å². The summed E-state index contributed by atoms with van der Waals surface area (Å²) in [6, 6.07) is 0. The number of ketones is 1. The largest absolute Gasteiger partial charge is 0.300 e. The molecular formula is C11H14O. The van der Waals surface area contributed by atoms with Crippen molar-refractivity contribution >= 4 is 5.78 Å². The van der Waals surface area contributed by atoms with Crippen LogP contribution in [0.1, 0.15) is 32.1 Å². The Labute approximate surface area is 73.2 Å². The Balaban J connectivity index is 2.13. The number of carbonyl (C=O) groups excluding carboxylic acids is 1. The van der Waals surface area contributed by atoms with E-state index in [-0.39, 0.29) is 0 Å². The van der Waals surface area contributed by atoms with Crippen LogP contribution in [0.4, 0.5) is 0 Å². The molecule has 0 aromatic rings. The van der Waals surface area contributed by atoms with Gasteiger partial charge < -0.3 is 0 Å². The van der Waals surface area contributed by atoms with Crippen molar-refractivity contribution < 1.29 is 4.79 Å². The standard InChI is InChI=1S/C11H14O/c12-11-7-5-9-3-1-2-4-10(9)6-8-11/h1-3,10H,4-8H2. The molecule has 0 saturated heterocycles. The van der Waals surface area contributed by atoms with Crippen molar-refractivity contribution in [2.45, 2.75) is 32.1 Å². The molecule has 1 heteroatoms. The van der Waals surface area contributed by atoms with Gasteiger partial charge in [0.1, 0.15) is 5.78 Å². The van der Waals surface area contributed by atoms with E-state index in [4.69, 9.17) is 0 Å². The van der Waals surface area contributed by atoms with Crippen molar-refractivity contribution in [3.8, 4) is 0 Å². The molecule has 2 aliphatic carbocycles. The van der Waals surface area contributed by atoms with Crippen molar-refractivity contribution in [1.29, 1.82) is 0 Å². The number of hydrogen-bond acceptors (Lipinski definition) is 1. The minimum atomic E-state index is 0.449. The van der Waals surface area contributed by atoms with Crippen LogP contribution in [0.5, 0.6) is 0 Å². The molecule has 1 fully saturated rings. The molecule has 0 aromatic carbocycles. The summed E-state index contributed by atoms with van der Waals surface area (Å²) in [5, 5.41) is 0. The lowest BCUT2D eigenvalue weighted by Gasteiger charge is -2.17. The highest BCUT2D eigenvalue weighted by molar-refractivity contribution is 5.79. The fourth-order valence-electron chi connectivity index (χ4n) is 2.06. The maximum atomic E-state index is 11.2. The zero-order valence-electron chi connectivity index (χ0n) is 7.25. The first-order valence-electron chi connectivity index (χ1n) is 4.73. The van der Waals surface area contributed by atoms with Gasteiger partial charge in [0, 0.05) is 12.8 Å². The summed E-state index contributed by atoms with van der Waals surface area (Å²) in [4.78, 5) is 11.2. The van der Waals surface area contributed by atoms with Crippen molar-refractivity contribution in [2.75, 3.05) is 0 Å². The molecule has 0 spiro atoms. The van der Waals surface area contributed by atoms with Crippen molar-refractivity contribution in [2.24, 2.45) is 5.92 Å². The van der Waals surface area contributed by atoms with Crippen LogP contribution in [0.15, 0.2) is 23.8 Å². The van der Waals surface area contributed by atoms with E-state index in [2.05, 4.69) is 18.2 Å². The Hall–Kier alpha value is -0.850. The Morgan fingerprint density at radius 3 is 3.08 bits per heavy atom. The van der Waals surface area contributed by atoms with E-state index < -0.39 is 0 Å². The van der Waals surface area contributed by atoms with Gasteiger partial charge in [0.05, 0.1) is 0 Å². The molecule has 2 aliphatic rings. The third-order valence-corrected chi connectivity index (χ3v) is 2.86. The van der Waals surface area contributed by atoms with E-state index in [0.29, 0.717) is 11.7 Å².